The number of quaternary nitrogens is 1. The molecule has 0 rings (SSSR count). The van der Waals surface area contributed by atoms with Gasteiger partial charge in [-0.25, -0.2) is 0 Å². The number of rotatable bonds is 56. The Bertz CT molecular complexity index is 1600. The molecule has 0 aliphatic heterocycles. The molecule has 2 unspecified atom stereocenters. The molecular weight excluding hydrogens is 966 g/mol. The number of likely N-dealkylation sites (N-methyl/N-ethyl adjacent to an activating group) is 1. The van der Waals surface area contributed by atoms with Crippen LogP contribution in [0.5, 0.6) is 0 Å². The zero-order valence-electron chi connectivity index (χ0n) is 49.7. The van der Waals surface area contributed by atoms with E-state index in [1.807, 2.05) is 21.1 Å². The Balaban J connectivity index is 3.94. The van der Waals surface area contributed by atoms with Crippen LogP contribution in [0.4, 0.5) is 0 Å². The normalized spacial score (nSPS) is 13.9. The highest BCUT2D eigenvalue weighted by atomic mass is 31.2. The van der Waals surface area contributed by atoms with E-state index in [-0.39, 0.29) is 32.0 Å². The highest BCUT2D eigenvalue weighted by molar-refractivity contribution is 7.45. The summed E-state index contributed by atoms with van der Waals surface area (Å²) in [7, 11) is 1.17. The molecule has 0 N–H and O–H groups in total. The standard InChI is InChI=1S/C66H116NO8P/c1-6-8-10-12-14-16-18-19-20-21-22-23-24-25-26-27-28-29-30-31-32-33-34-35-36-37-38-39-40-41-42-43-44-45-46-47-49-51-53-55-57-59-66(69)75-64(63-74-76(70,71)73-61-60-67(3,4)5)62-72-65(68)58-56-54-52-50-48-17-15-13-11-9-7-2/h8,10,14,16,19-20,22-23,25-26,28-29,31-32,34-35,64H,6-7,9,11-13,15,17-18,21,24,27,30,33,36-63H2,1-5H3/b10-8-,16-14-,20-19-,23-22-,26-25-,29-28-,32-31-,35-34-. The molecule has 9 nitrogen and oxygen atoms in total. The van der Waals surface area contributed by atoms with Crippen molar-refractivity contribution in [3.63, 3.8) is 0 Å². The minimum atomic E-state index is -4.63. The van der Waals surface area contributed by atoms with Gasteiger partial charge in [-0.3, -0.25) is 14.2 Å². The van der Waals surface area contributed by atoms with Crippen LogP contribution in [0.3, 0.4) is 0 Å². The van der Waals surface area contributed by atoms with Gasteiger partial charge in [-0.1, -0.05) is 265 Å². The van der Waals surface area contributed by atoms with Crippen LogP contribution in [0, 0.1) is 0 Å². The van der Waals surface area contributed by atoms with E-state index in [0.29, 0.717) is 17.4 Å². The number of phosphoric ester groups is 1. The molecule has 0 bridgehead atoms. The molecule has 0 spiro atoms. The maximum absolute atomic E-state index is 12.8. The van der Waals surface area contributed by atoms with E-state index in [4.69, 9.17) is 18.5 Å². The monoisotopic (exact) mass is 1080 g/mol. The van der Waals surface area contributed by atoms with Crippen molar-refractivity contribution in [1.29, 1.82) is 0 Å². The third-order valence-electron chi connectivity index (χ3n) is 13.1. The summed E-state index contributed by atoms with van der Waals surface area (Å²) < 4.78 is 34.1. The first-order valence-electron chi connectivity index (χ1n) is 30.9. The summed E-state index contributed by atoms with van der Waals surface area (Å²) >= 11 is 0. The first-order chi connectivity index (χ1) is 37.0. The number of carbonyl (C=O) groups excluding carboxylic acids is 2. The van der Waals surface area contributed by atoms with Crippen molar-refractivity contribution in [2.45, 2.75) is 264 Å². The lowest BCUT2D eigenvalue weighted by atomic mass is 10.0. The predicted molar refractivity (Wildman–Crippen MR) is 323 cm³/mol. The third-order valence-corrected chi connectivity index (χ3v) is 14.1. The van der Waals surface area contributed by atoms with E-state index in [1.165, 1.54) is 135 Å². The molecule has 0 saturated heterocycles. The van der Waals surface area contributed by atoms with Gasteiger partial charge in [-0.15, -0.1) is 0 Å². The molecule has 76 heavy (non-hydrogen) atoms. The molecule has 0 aliphatic rings. The second-order valence-corrected chi connectivity index (χ2v) is 23.1. The summed E-state index contributed by atoms with van der Waals surface area (Å²) in [4.78, 5) is 37.7. The zero-order chi connectivity index (χ0) is 55.6. The van der Waals surface area contributed by atoms with Gasteiger partial charge in [0.2, 0.25) is 0 Å². The summed E-state index contributed by atoms with van der Waals surface area (Å²) in [5.74, 6) is -0.830. The predicted octanol–water partition coefficient (Wildman–Crippen LogP) is 19.0. The number of ether oxygens (including phenoxy) is 2. The fourth-order valence-electron chi connectivity index (χ4n) is 8.38. The molecule has 0 aromatic rings. The van der Waals surface area contributed by atoms with Crippen LogP contribution in [-0.4, -0.2) is 70.0 Å². The molecule has 0 aromatic carbocycles. The molecule has 0 aromatic heterocycles. The van der Waals surface area contributed by atoms with E-state index >= 15 is 0 Å². The fourth-order valence-corrected chi connectivity index (χ4v) is 9.11. The topological polar surface area (TPSA) is 111 Å². The summed E-state index contributed by atoms with van der Waals surface area (Å²) in [5, 5.41) is 0. The molecule has 0 fully saturated rings. The van der Waals surface area contributed by atoms with Gasteiger partial charge in [-0.2, -0.15) is 0 Å². The molecule has 0 heterocycles. The summed E-state index contributed by atoms with van der Waals surface area (Å²) in [6.45, 7) is 4.12. The second-order valence-electron chi connectivity index (χ2n) is 21.7. The van der Waals surface area contributed by atoms with Crippen LogP contribution in [-0.2, 0) is 32.7 Å². The summed E-state index contributed by atoms with van der Waals surface area (Å²) in [6, 6.07) is 0. The van der Waals surface area contributed by atoms with Gasteiger partial charge in [-0.05, 0) is 77.0 Å². The van der Waals surface area contributed by atoms with Crippen LogP contribution >= 0.6 is 7.82 Å². The molecule has 0 radical (unpaired) electrons. The van der Waals surface area contributed by atoms with E-state index in [9.17, 15) is 19.0 Å². The Kier molecular flexibility index (Phi) is 54.4. The number of hydrogen-bond donors (Lipinski definition) is 0. The van der Waals surface area contributed by atoms with Gasteiger partial charge >= 0.3 is 11.9 Å². The van der Waals surface area contributed by atoms with Crippen LogP contribution in [0.15, 0.2) is 97.2 Å². The van der Waals surface area contributed by atoms with E-state index < -0.39 is 26.5 Å². The van der Waals surface area contributed by atoms with E-state index in [1.54, 1.807) is 0 Å². The lowest BCUT2D eigenvalue weighted by Gasteiger charge is -2.28. The van der Waals surface area contributed by atoms with Crippen molar-refractivity contribution in [3.8, 4) is 0 Å². The number of hydrogen-bond acceptors (Lipinski definition) is 8. The molecular formula is C66H116NO8P. The van der Waals surface area contributed by atoms with Crippen molar-refractivity contribution in [3.05, 3.63) is 97.2 Å². The molecule has 0 amide bonds. The number of esters is 2. The van der Waals surface area contributed by atoms with E-state index in [2.05, 4.69) is 111 Å². The Labute approximate surface area is 468 Å². The van der Waals surface area contributed by atoms with Gasteiger partial charge in [0.05, 0.1) is 27.7 Å². The molecule has 438 valence electrons. The van der Waals surface area contributed by atoms with E-state index in [0.717, 1.165) is 89.9 Å². The van der Waals surface area contributed by atoms with Gasteiger partial charge in [0.15, 0.2) is 6.10 Å². The maximum Gasteiger partial charge on any atom is 0.306 e. The number of phosphoric acid groups is 1. The van der Waals surface area contributed by atoms with Crippen LogP contribution in [0.2, 0.25) is 0 Å². The van der Waals surface area contributed by atoms with Gasteiger partial charge < -0.3 is 27.9 Å². The van der Waals surface area contributed by atoms with Crippen molar-refractivity contribution in [2.24, 2.45) is 0 Å². The van der Waals surface area contributed by atoms with Gasteiger partial charge in [0, 0.05) is 12.8 Å². The van der Waals surface area contributed by atoms with Crippen LogP contribution in [0.1, 0.15) is 258 Å². The highest BCUT2D eigenvalue weighted by Gasteiger charge is 2.22. The number of nitrogens with zero attached hydrogens (tertiary/aromatic N) is 1. The van der Waals surface area contributed by atoms with Crippen molar-refractivity contribution >= 4 is 19.8 Å². The molecule has 2 atom stereocenters. The number of unbranched alkanes of at least 4 members (excludes halogenated alkanes) is 26. The lowest BCUT2D eigenvalue weighted by Crippen LogP contribution is -2.37. The zero-order valence-corrected chi connectivity index (χ0v) is 50.6. The van der Waals surface area contributed by atoms with Crippen LogP contribution in [0.25, 0.3) is 0 Å². The van der Waals surface area contributed by atoms with Crippen molar-refractivity contribution in [2.75, 3.05) is 47.5 Å². The summed E-state index contributed by atoms with van der Waals surface area (Å²) in [5.41, 5.74) is 0. The average Bonchev–Trinajstić information content (AvgIpc) is 3.38. The number of allylic oxidation sites excluding steroid dienone is 16. The van der Waals surface area contributed by atoms with Gasteiger partial charge in [0.25, 0.3) is 7.82 Å². The fraction of sp³-hybridized carbons (Fsp3) is 0.727. The molecule has 0 saturated carbocycles. The SMILES string of the molecule is CC/C=C\C/C=C\C/C=C\C/C=C\C/C=C\C/C=C\C/C=C\C/C=C\CCCCCCCCCCCCCCCCCCC(=O)OC(COC(=O)CCCCCCCCCCCCC)COP(=O)([O-])OCC[N+](C)(C)C. The Hall–Kier alpha value is -3.07. The first kappa shape index (κ1) is 72.9. The second kappa shape index (κ2) is 56.6. The quantitative estimate of drug-likeness (QED) is 0.0195. The Morgan fingerprint density at radius 3 is 1.12 bits per heavy atom. The summed E-state index contributed by atoms with van der Waals surface area (Å²) in [6.07, 6.45) is 77.7. The minimum absolute atomic E-state index is 0.0315. The first-order valence-corrected chi connectivity index (χ1v) is 32.4. The van der Waals surface area contributed by atoms with Crippen molar-refractivity contribution in [1.82, 2.24) is 0 Å². The maximum atomic E-state index is 12.8. The third kappa shape index (κ3) is 60.2. The number of carbonyl (C=O) groups is 2. The minimum Gasteiger partial charge on any atom is -0.756 e. The molecule has 10 heteroatoms. The van der Waals surface area contributed by atoms with Gasteiger partial charge in [0.1, 0.15) is 19.8 Å². The highest BCUT2D eigenvalue weighted by Crippen LogP contribution is 2.38. The van der Waals surface area contributed by atoms with Crippen LogP contribution < -0.4 is 4.89 Å². The molecule has 0 aliphatic carbocycles. The van der Waals surface area contributed by atoms with Crippen molar-refractivity contribution < 1.29 is 42.1 Å². The lowest BCUT2D eigenvalue weighted by molar-refractivity contribution is -0.870. The Morgan fingerprint density at radius 2 is 0.750 bits per heavy atom. The largest absolute Gasteiger partial charge is 0.756 e. The Morgan fingerprint density at radius 1 is 0.421 bits per heavy atom. The smallest absolute Gasteiger partial charge is 0.306 e. The average molecular weight is 1080 g/mol.